The van der Waals surface area contributed by atoms with Gasteiger partial charge in [-0.1, -0.05) is 109 Å². The minimum atomic E-state index is -0.487. The summed E-state index contributed by atoms with van der Waals surface area (Å²) in [6.45, 7) is 13.2. The zero-order valence-corrected chi connectivity index (χ0v) is 37.5. The summed E-state index contributed by atoms with van der Waals surface area (Å²) < 4.78 is 5.50. The molecule has 62 heavy (non-hydrogen) atoms. The highest BCUT2D eigenvalue weighted by Crippen LogP contribution is 2.31. The molecule has 6 aromatic rings. The number of rotatable bonds is 8. The molecule has 0 aliphatic carbocycles. The van der Waals surface area contributed by atoms with Crippen LogP contribution < -0.4 is 16.0 Å². The van der Waals surface area contributed by atoms with Crippen molar-refractivity contribution in [2.45, 2.75) is 89.8 Å². The average Bonchev–Trinajstić information content (AvgIpc) is 3.28. The van der Waals surface area contributed by atoms with Gasteiger partial charge in [-0.25, -0.2) is 4.79 Å². The maximum Gasteiger partial charge on any atom is 0.410 e. The molecule has 0 spiro atoms. The highest BCUT2D eigenvalue weighted by Gasteiger charge is 2.28. The molecule has 2 aliphatic rings. The second-order valence-corrected chi connectivity index (χ2v) is 17.5. The number of likely N-dealkylation sites (tertiary alicyclic amines) is 1. The van der Waals surface area contributed by atoms with E-state index in [2.05, 4.69) is 95.7 Å². The van der Waals surface area contributed by atoms with Crippen molar-refractivity contribution in [2.75, 3.05) is 26.2 Å². The first-order valence-corrected chi connectivity index (χ1v) is 21.9. The van der Waals surface area contributed by atoms with E-state index >= 15 is 0 Å². The third-order valence-corrected chi connectivity index (χ3v) is 12.0. The molecule has 9 heteroatoms. The molecule has 0 saturated carbocycles. The van der Waals surface area contributed by atoms with Gasteiger partial charge in [0.25, 0.3) is 11.8 Å². The summed E-state index contributed by atoms with van der Waals surface area (Å²) in [7, 11) is 0. The molecule has 0 unspecified atom stereocenters. The van der Waals surface area contributed by atoms with Gasteiger partial charge in [-0.2, -0.15) is 0 Å². The van der Waals surface area contributed by atoms with Gasteiger partial charge in [0, 0.05) is 24.2 Å². The van der Waals surface area contributed by atoms with Crippen LogP contribution in [0.2, 0.25) is 0 Å². The smallest absolute Gasteiger partial charge is 0.410 e. The van der Waals surface area contributed by atoms with E-state index in [0.717, 1.165) is 66.4 Å². The summed E-state index contributed by atoms with van der Waals surface area (Å²) >= 11 is 0. The largest absolute Gasteiger partial charge is 0.444 e. The van der Waals surface area contributed by atoms with Crippen LogP contribution in [0.15, 0.2) is 133 Å². The van der Waals surface area contributed by atoms with Crippen LogP contribution in [0, 0.1) is 0 Å². The second-order valence-electron chi connectivity index (χ2n) is 17.5. The highest BCUT2D eigenvalue weighted by molar-refractivity contribution is 5.96. The van der Waals surface area contributed by atoms with Crippen LogP contribution in [0.25, 0.3) is 21.5 Å². The minimum absolute atomic E-state index is 0. The van der Waals surface area contributed by atoms with E-state index in [-0.39, 0.29) is 42.4 Å². The number of fused-ring (bicyclic) bond motifs is 2. The molecule has 2 fully saturated rings. The van der Waals surface area contributed by atoms with E-state index in [9.17, 15) is 14.4 Å². The monoisotopic (exact) mass is 852 g/mol. The summed E-state index contributed by atoms with van der Waals surface area (Å²) in [6, 6.07) is 44.9. The lowest BCUT2D eigenvalue weighted by atomic mass is 9.88. The number of piperidine rings is 2. The molecule has 0 aromatic heterocycles. The van der Waals surface area contributed by atoms with E-state index in [1.165, 1.54) is 21.7 Å². The van der Waals surface area contributed by atoms with Gasteiger partial charge in [-0.05, 0) is 153 Å². The van der Waals surface area contributed by atoms with Crippen LogP contribution in [-0.4, -0.2) is 54.6 Å². The Bertz CT molecular complexity index is 2460. The van der Waals surface area contributed by atoms with Gasteiger partial charge in [0.1, 0.15) is 5.60 Å². The Labute approximate surface area is 373 Å². The maximum atomic E-state index is 13.1. The van der Waals surface area contributed by atoms with Gasteiger partial charge < -0.3 is 25.6 Å². The van der Waals surface area contributed by atoms with E-state index in [0.29, 0.717) is 30.5 Å². The number of halogens is 1. The Hall–Kier alpha value is -5.70. The molecule has 8 nitrogen and oxygen atoms in total. The first kappa shape index (κ1) is 45.8. The van der Waals surface area contributed by atoms with Crippen LogP contribution in [-0.2, 0) is 4.74 Å². The number of hydrogen-bond donors (Lipinski definition) is 3. The highest BCUT2D eigenvalue weighted by atomic mass is 35.5. The van der Waals surface area contributed by atoms with Crippen molar-refractivity contribution >= 4 is 51.9 Å². The van der Waals surface area contributed by atoms with E-state index in [1.807, 2.05) is 88.4 Å². The van der Waals surface area contributed by atoms with Crippen molar-refractivity contribution in [3.63, 3.8) is 0 Å². The molecule has 8 rings (SSSR count). The molecule has 2 saturated heterocycles. The van der Waals surface area contributed by atoms with E-state index in [4.69, 9.17) is 4.74 Å². The Morgan fingerprint density at radius 3 is 1.48 bits per heavy atom. The molecule has 2 aliphatic heterocycles. The third-order valence-electron chi connectivity index (χ3n) is 12.0. The Balaban J connectivity index is 0.000000209. The molecule has 3 amide bonds. The summed E-state index contributed by atoms with van der Waals surface area (Å²) in [5.41, 5.74) is 5.61. The molecular weight excluding hydrogens is 792 g/mol. The quantitative estimate of drug-likeness (QED) is 0.142. The van der Waals surface area contributed by atoms with Crippen molar-refractivity contribution in [3.8, 4) is 0 Å². The summed E-state index contributed by atoms with van der Waals surface area (Å²) in [6.07, 6.45) is 3.74. The van der Waals surface area contributed by atoms with Crippen LogP contribution in [0.4, 0.5) is 4.79 Å². The SMILES string of the molecule is C[C@@H](NC(=O)c1cccc(C2CCN(C(=O)OC(C)(C)C)CC2)c1)c1cccc2ccccc12.C[C@@H](NC(=O)c1cccc(C2CCNCC2)c1)c1cccc2ccccc12.Cl. The van der Waals surface area contributed by atoms with E-state index < -0.39 is 5.60 Å². The topological polar surface area (TPSA) is 99.8 Å². The zero-order valence-electron chi connectivity index (χ0n) is 36.7. The first-order chi connectivity index (χ1) is 29.4. The van der Waals surface area contributed by atoms with Crippen molar-refractivity contribution in [1.29, 1.82) is 0 Å². The molecule has 6 aromatic carbocycles. The fourth-order valence-corrected chi connectivity index (χ4v) is 8.72. The van der Waals surface area contributed by atoms with Gasteiger partial charge in [-0.3, -0.25) is 9.59 Å². The van der Waals surface area contributed by atoms with Gasteiger partial charge in [0.05, 0.1) is 12.1 Å². The average molecular weight is 854 g/mol. The number of benzene rings is 6. The van der Waals surface area contributed by atoms with Gasteiger partial charge in [0.2, 0.25) is 0 Å². The maximum absolute atomic E-state index is 13.1. The fourth-order valence-electron chi connectivity index (χ4n) is 8.72. The Kier molecular flexibility index (Phi) is 15.5. The number of nitrogens with zero attached hydrogens (tertiary/aromatic N) is 1. The third kappa shape index (κ3) is 11.6. The van der Waals surface area contributed by atoms with Crippen LogP contribution in [0.1, 0.15) is 127 Å². The number of amides is 3. The molecule has 0 bridgehead atoms. The molecule has 2 heterocycles. The molecule has 324 valence electrons. The van der Waals surface area contributed by atoms with Crippen LogP contribution in [0.3, 0.4) is 0 Å². The Morgan fingerprint density at radius 2 is 1.02 bits per heavy atom. The van der Waals surface area contributed by atoms with Gasteiger partial charge in [-0.15, -0.1) is 12.4 Å². The fraction of sp³-hybridized carbons (Fsp3) is 0.340. The molecular formula is C53H61ClN4O4. The number of carbonyl (C=O) groups excluding carboxylic acids is 3. The number of ether oxygens (including phenoxy) is 1. The lowest BCUT2D eigenvalue weighted by Gasteiger charge is -2.33. The standard InChI is InChI=1S/C29H34N2O3.C24H26N2O.ClH/c1-20(25-14-8-10-22-9-5-6-13-26(22)25)30-27(32)24-12-7-11-23(19-24)21-15-17-31(18-16-21)28(33)34-29(2,3)4;1-17(22-11-5-7-19-6-2-3-10-23(19)22)26-24(27)21-9-4-8-20(16-21)18-12-14-25-15-13-18;/h5-14,19-21H,15-18H2,1-4H3,(H,30,32);2-11,16-18,25H,12-15H2,1H3,(H,26,27);1H/t20-;17-;/m11./s1. The normalized spacial score (nSPS) is 15.7. The van der Waals surface area contributed by atoms with Crippen LogP contribution in [0.5, 0.6) is 0 Å². The zero-order chi connectivity index (χ0) is 42.9. The van der Waals surface area contributed by atoms with Crippen molar-refractivity contribution < 1.29 is 19.1 Å². The number of nitrogens with one attached hydrogen (secondary N) is 3. The minimum Gasteiger partial charge on any atom is -0.444 e. The first-order valence-electron chi connectivity index (χ1n) is 21.9. The lowest BCUT2D eigenvalue weighted by molar-refractivity contribution is 0.0204. The van der Waals surface area contributed by atoms with E-state index in [1.54, 1.807) is 4.90 Å². The lowest BCUT2D eigenvalue weighted by Crippen LogP contribution is -2.41. The number of hydrogen-bond acceptors (Lipinski definition) is 5. The van der Waals surface area contributed by atoms with Crippen molar-refractivity contribution in [3.05, 3.63) is 167 Å². The summed E-state index contributed by atoms with van der Waals surface area (Å²) in [4.78, 5) is 40.1. The predicted molar refractivity (Wildman–Crippen MR) is 254 cm³/mol. The second kappa shape index (κ2) is 20.9. The molecule has 3 N–H and O–H groups in total. The number of carbonyl (C=O) groups is 3. The Morgan fingerprint density at radius 1 is 0.597 bits per heavy atom. The van der Waals surface area contributed by atoms with Crippen molar-refractivity contribution in [1.82, 2.24) is 20.9 Å². The summed E-state index contributed by atoms with van der Waals surface area (Å²) in [5, 5.41) is 14.5. The predicted octanol–water partition coefficient (Wildman–Crippen LogP) is 11.7. The van der Waals surface area contributed by atoms with Gasteiger partial charge >= 0.3 is 6.09 Å². The van der Waals surface area contributed by atoms with Gasteiger partial charge in [0.15, 0.2) is 0 Å². The molecule has 2 atom stereocenters. The van der Waals surface area contributed by atoms with Crippen LogP contribution >= 0.6 is 12.4 Å². The molecule has 0 radical (unpaired) electrons. The van der Waals surface area contributed by atoms with Crippen molar-refractivity contribution in [2.24, 2.45) is 0 Å². The summed E-state index contributed by atoms with van der Waals surface area (Å²) in [5.74, 6) is 0.788.